The Morgan fingerprint density at radius 2 is 1.71 bits per heavy atom. The van der Waals surface area contributed by atoms with Gasteiger partial charge in [-0.15, -0.1) is 0 Å². The van der Waals surface area contributed by atoms with Gasteiger partial charge in [0.25, 0.3) is 0 Å². The maximum atomic E-state index is 10.9. The van der Waals surface area contributed by atoms with Crippen LogP contribution in [0.4, 0.5) is 0 Å². The van der Waals surface area contributed by atoms with Crippen LogP contribution in [0.3, 0.4) is 0 Å². The van der Waals surface area contributed by atoms with Gasteiger partial charge in [0.15, 0.2) is 0 Å². The lowest BCUT2D eigenvalue weighted by atomic mass is 9.98. The van der Waals surface area contributed by atoms with E-state index in [4.69, 9.17) is 19.6 Å². The van der Waals surface area contributed by atoms with Gasteiger partial charge >= 0.3 is 5.97 Å². The number of methoxy groups -OCH3 is 1. The molecule has 0 saturated heterocycles. The van der Waals surface area contributed by atoms with Gasteiger partial charge in [0.05, 0.1) is 13.0 Å². The molecule has 2 aromatic carbocycles. The van der Waals surface area contributed by atoms with Crippen molar-refractivity contribution in [2.45, 2.75) is 12.8 Å². The highest BCUT2D eigenvalue weighted by atomic mass is 31.2. The summed E-state index contributed by atoms with van der Waals surface area (Å²) in [7, 11) is -0.493. The summed E-state index contributed by atoms with van der Waals surface area (Å²) < 4.78 is 5.14. The maximum Gasteiger partial charge on any atom is 0.310 e. The van der Waals surface area contributed by atoms with E-state index in [1.165, 1.54) is 0 Å². The minimum Gasteiger partial charge on any atom is -0.497 e. The Morgan fingerprint density at radius 3 is 2.24 bits per heavy atom. The van der Waals surface area contributed by atoms with Crippen molar-refractivity contribution in [3.63, 3.8) is 0 Å². The fourth-order valence-electron chi connectivity index (χ4n) is 1.78. The number of hydrogen-bond acceptors (Lipinski definition) is 5. The molecule has 6 nitrogen and oxygen atoms in total. The van der Waals surface area contributed by atoms with Crippen LogP contribution in [-0.4, -0.2) is 28.0 Å². The molecular weight excluding hydrogens is 293 g/mol. The molecule has 0 aliphatic heterocycles. The summed E-state index contributed by atoms with van der Waals surface area (Å²) in [5.41, 5.74) is 5.10. The topological polar surface area (TPSA) is 113 Å². The average Bonchev–Trinajstić information content (AvgIpc) is 2.44. The highest BCUT2D eigenvalue weighted by molar-refractivity contribution is 7.42. The fourth-order valence-corrected chi connectivity index (χ4v) is 1.78. The lowest BCUT2D eigenvalue weighted by Gasteiger charge is -2.08. The van der Waals surface area contributed by atoms with Gasteiger partial charge in [-0.25, -0.2) is 0 Å². The zero-order valence-electron chi connectivity index (χ0n) is 11.7. The molecule has 0 saturated carbocycles. The van der Waals surface area contributed by atoms with Gasteiger partial charge in [-0.1, -0.05) is 24.3 Å². The van der Waals surface area contributed by atoms with Crippen LogP contribution in [0.5, 0.6) is 5.75 Å². The van der Waals surface area contributed by atoms with E-state index in [2.05, 4.69) is 5.50 Å². The number of carbonyl (C=O) groups is 1. The Kier molecular flexibility index (Phi) is 6.52. The molecule has 21 heavy (non-hydrogen) atoms. The third-order valence-corrected chi connectivity index (χ3v) is 2.94. The van der Waals surface area contributed by atoms with Crippen LogP contribution in [-0.2, 0) is 4.79 Å². The summed E-state index contributed by atoms with van der Waals surface area (Å²) in [6, 6.07) is 11.4. The number of aliphatic carboxylic acids is 1. The smallest absolute Gasteiger partial charge is 0.310 e. The molecule has 0 bridgehead atoms. The van der Waals surface area contributed by atoms with E-state index in [1.807, 2.05) is 36.4 Å². The normalized spacial score (nSPS) is 11.7. The number of benzene rings is 2. The summed E-state index contributed by atoms with van der Waals surface area (Å²) in [5, 5.41) is 11.0. The Labute approximate surface area is 123 Å². The van der Waals surface area contributed by atoms with Crippen LogP contribution >= 0.6 is 8.53 Å². The van der Waals surface area contributed by atoms with Gasteiger partial charge in [0, 0.05) is 0 Å². The van der Waals surface area contributed by atoms with E-state index in [1.54, 1.807) is 14.0 Å². The largest absolute Gasteiger partial charge is 0.497 e. The first-order chi connectivity index (χ1) is 9.85. The number of carboxylic acids is 1. The molecule has 114 valence electrons. The van der Waals surface area contributed by atoms with Crippen LogP contribution in [0.1, 0.15) is 18.4 Å². The van der Waals surface area contributed by atoms with E-state index in [9.17, 15) is 4.79 Å². The van der Waals surface area contributed by atoms with Crippen molar-refractivity contribution in [2.75, 3.05) is 7.11 Å². The minimum absolute atomic E-state index is 0.485. The molecule has 0 heterocycles. The quantitative estimate of drug-likeness (QED) is 0.646. The molecule has 2 aromatic rings. The van der Waals surface area contributed by atoms with Crippen molar-refractivity contribution in [1.82, 2.24) is 0 Å². The number of carboxylic acid groups (broad SMARTS) is 1. The molecule has 0 unspecified atom stereocenters. The first kappa shape index (κ1) is 17.3. The van der Waals surface area contributed by atoms with Gasteiger partial charge in [-0.05, 0) is 35.4 Å². The van der Waals surface area contributed by atoms with Crippen molar-refractivity contribution in [3.8, 4) is 5.75 Å². The molecule has 2 rings (SSSR count). The molecule has 5 N–H and O–H groups in total. The van der Waals surface area contributed by atoms with Crippen molar-refractivity contribution < 1.29 is 24.4 Å². The fraction of sp³-hybridized carbons (Fsp3) is 0.214. The van der Waals surface area contributed by atoms with Crippen LogP contribution in [0, 0.1) is 0 Å². The van der Waals surface area contributed by atoms with Crippen molar-refractivity contribution in [2.24, 2.45) is 5.50 Å². The van der Waals surface area contributed by atoms with Crippen LogP contribution in [0.15, 0.2) is 36.4 Å². The van der Waals surface area contributed by atoms with Crippen LogP contribution in [0.25, 0.3) is 10.8 Å². The van der Waals surface area contributed by atoms with Gasteiger partial charge in [0.2, 0.25) is 8.53 Å². The van der Waals surface area contributed by atoms with Gasteiger partial charge in [0.1, 0.15) is 5.75 Å². The Bertz CT molecular complexity index is 615. The van der Waals surface area contributed by atoms with E-state index in [-0.39, 0.29) is 0 Å². The summed E-state index contributed by atoms with van der Waals surface area (Å²) in [6.07, 6.45) is 0. The first-order valence-corrected chi connectivity index (χ1v) is 7.40. The van der Waals surface area contributed by atoms with Gasteiger partial charge in [-0.3, -0.25) is 10.3 Å². The highest BCUT2D eigenvalue weighted by Gasteiger charge is 2.13. The number of fused-ring (bicyclic) bond motifs is 1. The molecule has 0 radical (unpaired) electrons. The van der Waals surface area contributed by atoms with Crippen molar-refractivity contribution >= 4 is 25.3 Å². The molecule has 0 aliphatic carbocycles. The van der Waals surface area contributed by atoms with Crippen LogP contribution in [0.2, 0.25) is 0 Å². The highest BCUT2D eigenvalue weighted by Crippen LogP contribution is 2.25. The molecule has 0 amide bonds. The predicted molar refractivity (Wildman–Crippen MR) is 82.1 cm³/mol. The van der Waals surface area contributed by atoms with Gasteiger partial charge < -0.3 is 19.6 Å². The molecular formula is C14H18NO5P. The van der Waals surface area contributed by atoms with Crippen molar-refractivity contribution in [1.29, 1.82) is 0 Å². The van der Waals surface area contributed by atoms with E-state index < -0.39 is 20.4 Å². The number of nitrogens with two attached hydrogens (primary N) is 1. The van der Waals surface area contributed by atoms with E-state index in [0.29, 0.717) is 0 Å². The second-order valence-corrected chi connectivity index (χ2v) is 4.99. The van der Waals surface area contributed by atoms with Gasteiger partial charge in [-0.2, -0.15) is 0 Å². The van der Waals surface area contributed by atoms with E-state index in [0.717, 1.165) is 22.1 Å². The molecule has 0 spiro atoms. The third kappa shape index (κ3) is 5.28. The second-order valence-electron chi connectivity index (χ2n) is 4.35. The Morgan fingerprint density at radius 1 is 1.19 bits per heavy atom. The zero-order chi connectivity index (χ0) is 16.0. The molecule has 0 fully saturated rings. The van der Waals surface area contributed by atoms with Crippen molar-refractivity contribution in [3.05, 3.63) is 42.0 Å². The first-order valence-electron chi connectivity index (χ1n) is 6.08. The Balaban J connectivity index is 0.000000491. The summed E-state index contributed by atoms with van der Waals surface area (Å²) in [6.45, 7) is 1.69. The maximum absolute atomic E-state index is 10.9. The lowest BCUT2D eigenvalue weighted by molar-refractivity contribution is -0.138. The van der Waals surface area contributed by atoms with E-state index >= 15 is 0 Å². The summed E-state index contributed by atoms with van der Waals surface area (Å²) in [4.78, 5) is 25.8. The number of ether oxygens (including phenoxy) is 1. The SMILES string of the molecule is COc1ccc2cc([C@H](C)C(=O)O)ccc2c1.NP(O)O. The summed E-state index contributed by atoms with van der Waals surface area (Å²) in [5.74, 6) is -0.490. The average molecular weight is 311 g/mol. The monoisotopic (exact) mass is 311 g/mol. The molecule has 1 atom stereocenters. The minimum atomic E-state index is -2.12. The zero-order valence-corrected chi connectivity index (χ0v) is 12.6. The Hall–Kier alpha value is -1.72. The molecule has 0 aromatic heterocycles. The van der Waals surface area contributed by atoms with Crippen LogP contribution < -0.4 is 10.2 Å². The molecule has 7 heteroatoms. The molecule has 0 aliphatic rings. The predicted octanol–water partition coefficient (Wildman–Crippen LogP) is 2.19. The summed E-state index contributed by atoms with van der Waals surface area (Å²) >= 11 is 0. The third-order valence-electron chi connectivity index (χ3n) is 2.94. The number of rotatable bonds is 3. The standard InChI is InChI=1S/C14H14O3.H4NO2P/c1-9(14(15)16)10-3-4-12-8-13(17-2)6-5-11(12)7-10;1-4(2)3/h3-9H,1-2H3,(H,15,16);2-3H,1H2/t9-;/m0./s1. The second kappa shape index (κ2) is 7.90. The lowest BCUT2D eigenvalue weighted by Crippen LogP contribution is -2.06. The number of hydrogen-bond donors (Lipinski definition) is 4.